The molecule has 186 valence electrons. The third-order valence-corrected chi connectivity index (χ3v) is 7.11. The van der Waals surface area contributed by atoms with E-state index in [4.69, 9.17) is 16.7 Å². The fraction of sp³-hybridized carbons (Fsp3) is 0.208. The van der Waals surface area contributed by atoms with Crippen molar-refractivity contribution in [2.75, 3.05) is 11.3 Å². The van der Waals surface area contributed by atoms with Crippen LogP contribution in [0.5, 0.6) is 0 Å². The van der Waals surface area contributed by atoms with Crippen LogP contribution >= 0.6 is 11.6 Å². The lowest BCUT2D eigenvalue weighted by atomic mass is 10.0. The average molecular weight is 527 g/mol. The van der Waals surface area contributed by atoms with Gasteiger partial charge in [0.15, 0.2) is 6.10 Å². The van der Waals surface area contributed by atoms with Gasteiger partial charge in [-0.1, -0.05) is 35.9 Å². The van der Waals surface area contributed by atoms with Crippen molar-refractivity contribution in [1.82, 2.24) is 5.32 Å². The van der Waals surface area contributed by atoms with E-state index in [2.05, 4.69) is 4.72 Å². The number of hydrogen-bond donors (Lipinski definition) is 3. The number of sulfonamides is 1. The minimum Gasteiger partial charge on any atom is -0.382 e. The quantitative estimate of drug-likeness (QED) is 0.400. The number of carbonyl (C=O) groups excluding carboxylic acids is 1. The summed E-state index contributed by atoms with van der Waals surface area (Å²) < 4.78 is 65.6. The highest BCUT2D eigenvalue weighted by Gasteiger charge is 2.38. The number of aliphatic hydroxyl groups is 1. The number of rotatable bonds is 7. The first kappa shape index (κ1) is 26.5. The lowest BCUT2D eigenvalue weighted by molar-refractivity contribution is -0.201. The molecule has 0 heterocycles. The Kier molecular flexibility index (Phi) is 7.78. The molecule has 3 N–H and O–H groups in total. The molecular formula is C24H22ClF3N2O4S. The number of halogens is 4. The summed E-state index contributed by atoms with van der Waals surface area (Å²) in [5.41, 5.74) is 2.85. The Hall–Kier alpha value is -3.08. The molecule has 6 nitrogen and oxygen atoms in total. The third-order valence-electron chi connectivity index (χ3n) is 5.17. The smallest absolute Gasteiger partial charge is 0.382 e. The first-order valence-corrected chi connectivity index (χ1v) is 12.2. The zero-order valence-electron chi connectivity index (χ0n) is 18.7. The van der Waals surface area contributed by atoms with Crippen LogP contribution in [-0.4, -0.2) is 38.3 Å². The van der Waals surface area contributed by atoms with Gasteiger partial charge in [-0.25, -0.2) is 8.42 Å². The van der Waals surface area contributed by atoms with Gasteiger partial charge in [-0.2, -0.15) is 13.2 Å². The molecule has 3 aromatic rings. The van der Waals surface area contributed by atoms with Crippen molar-refractivity contribution in [2.24, 2.45) is 0 Å². The Morgan fingerprint density at radius 2 is 1.66 bits per heavy atom. The summed E-state index contributed by atoms with van der Waals surface area (Å²) in [6, 6.07) is 15.7. The molecule has 0 aromatic heterocycles. The first-order chi connectivity index (χ1) is 16.3. The van der Waals surface area contributed by atoms with Gasteiger partial charge in [0, 0.05) is 16.3 Å². The van der Waals surface area contributed by atoms with Gasteiger partial charge in [-0.15, -0.1) is 0 Å². The summed E-state index contributed by atoms with van der Waals surface area (Å²) in [5.74, 6) is -0.769. The predicted octanol–water partition coefficient (Wildman–Crippen LogP) is 5.08. The fourth-order valence-electron chi connectivity index (χ4n) is 3.24. The number of anilines is 1. The molecule has 3 aromatic carbocycles. The number of aryl methyl sites for hydroxylation is 2. The van der Waals surface area contributed by atoms with Crippen LogP contribution in [0.4, 0.5) is 18.9 Å². The molecule has 0 spiro atoms. The highest BCUT2D eigenvalue weighted by molar-refractivity contribution is 7.92. The van der Waals surface area contributed by atoms with Gasteiger partial charge in [0.05, 0.1) is 11.4 Å². The molecule has 11 heteroatoms. The molecule has 0 aliphatic carbocycles. The van der Waals surface area contributed by atoms with E-state index in [9.17, 15) is 26.4 Å². The molecule has 3 rings (SSSR count). The summed E-state index contributed by atoms with van der Waals surface area (Å²) in [6.45, 7) is 2.40. The SMILES string of the molecule is Cc1cc(S(=O)(=O)Nc2cccc(-c3ccc(C(=O)NCC(O)C(F)(F)F)cc3)c2)c(C)cc1Cl. The standard InChI is InChI=1S/C24H22ClF3N2O4S/c1-14-11-21(15(2)10-20(14)25)35(33,34)30-19-5-3-4-18(12-19)16-6-8-17(9-7-16)23(32)29-13-22(31)24(26,27)28/h3-12,22,30-31H,13H2,1-2H3,(H,29,32). The van der Waals surface area contributed by atoms with Gasteiger partial charge in [-0.05, 0) is 72.5 Å². The third kappa shape index (κ3) is 6.53. The van der Waals surface area contributed by atoms with Crippen molar-refractivity contribution in [1.29, 1.82) is 0 Å². The molecule has 0 saturated heterocycles. The lowest BCUT2D eigenvalue weighted by Crippen LogP contribution is -2.40. The maximum absolute atomic E-state index is 12.9. The number of hydrogen-bond acceptors (Lipinski definition) is 4. The molecule has 1 amide bonds. The molecular weight excluding hydrogens is 505 g/mol. The van der Waals surface area contributed by atoms with Crippen molar-refractivity contribution in [3.63, 3.8) is 0 Å². The molecule has 0 saturated carbocycles. The summed E-state index contributed by atoms with van der Waals surface area (Å²) in [4.78, 5) is 12.2. The van der Waals surface area contributed by atoms with Crippen molar-refractivity contribution < 1.29 is 31.5 Å². The van der Waals surface area contributed by atoms with Gasteiger partial charge in [0.1, 0.15) is 0 Å². The van der Waals surface area contributed by atoms with E-state index in [0.717, 1.165) is 0 Å². The molecule has 0 fully saturated rings. The molecule has 0 aliphatic heterocycles. The van der Waals surface area contributed by atoms with E-state index in [1.54, 1.807) is 56.3 Å². The van der Waals surface area contributed by atoms with E-state index in [1.165, 1.54) is 18.2 Å². The number of carbonyl (C=O) groups is 1. The normalized spacial score (nSPS) is 12.8. The Bertz CT molecular complexity index is 1340. The Morgan fingerprint density at radius 1 is 1.00 bits per heavy atom. The van der Waals surface area contributed by atoms with E-state index in [1.807, 2.05) is 5.32 Å². The minimum atomic E-state index is -4.82. The Balaban J connectivity index is 1.76. The summed E-state index contributed by atoms with van der Waals surface area (Å²) >= 11 is 6.07. The van der Waals surface area contributed by atoms with Gasteiger partial charge in [0.25, 0.3) is 15.9 Å². The topological polar surface area (TPSA) is 95.5 Å². The van der Waals surface area contributed by atoms with E-state index >= 15 is 0 Å². The summed E-state index contributed by atoms with van der Waals surface area (Å²) in [7, 11) is -3.89. The fourth-order valence-corrected chi connectivity index (χ4v) is 4.82. The zero-order chi connectivity index (χ0) is 26.0. The second kappa shape index (κ2) is 10.3. The molecule has 35 heavy (non-hydrogen) atoms. The predicted molar refractivity (Wildman–Crippen MR) is 128 cm³/mol. The van der Waals surface area contributed by atoms with Crippen LogP contribution in [0.3, 0.4) is 0 Å². The van der Waals surface area contributed by atoms with Crippen LogP contribution in [0.15, 0.2) is 65.6 Å². The van der Waals surface area contributed by atoms with Gasteiger partial charge >= 0.3 is 6.18 Å². The number of nitrogens with one attached hydrogen (secondary N) is 2. The molecule has 0 aliphatic rings. The number of alkyl halides is 3. The number of benzene rings is 3. The van der Waals surface area contributed by atoms with Gasteiger partial charge in [0.2, 0.25) is 0 Å². The maximum atomic E-state index is 12.9. The van der Waals surface area contributed by atoms with Crippen molar-refractivity contribution in [3.05, 3.63) is 82.4 Å². The number of amides is 1. The van der Waals surface area contributed by atoms with Crippen LogP contribution in [0.2, 0.25) is 5.02 Å². The largest absolute Gasteiger partial charge is 0.416 e. The molecule has 1 atom stereocenters. The van der Waals surface area contributed by atoms with Crippen molar-refractivity contribution in [2.45, 2.75) is 31.0 Å². The zero-order valence-corrected chi connectivity index (χ0v) is 20.2. The van der Waals surface area contributed by atoms with E-state index in [0.29, 0.717) is 33.0 Å². The first-order valence-electron chi connectivity index (χ1n) is 10.3. The van der Waals surface area contributed by atoms with Crippen LogP contribution in [0.25, 0.3) is 11.1 Å². The second-order valence-electron chi connectivity index (χ2n) is 7.90. The average Bonchev–Trinajstić information content (AvgIpc) is 2.78. The van der Waals surface area contributed by atoms with Crippen molar-refractivity contribution in [3.8, 4) is 11.1 Å². The lowest BCUT2D eigenvalue weighted by Gasteiger charge is -2.15. The number of aliphatic hydroxyl groups excluding tert-OH is 1. The highest BCUT2D eigenvalue weighted by atomic mass is 35.5. The van der Waals surface area contributed by atoms with E-state index in [-0.39, 0.29) is 10.5 Å². The molecule has 1 unspecified atom stereocenters. The summed E-state index contributed by atoms with van der Waals surface area (Å²) in [6.07, 6.45) is -7.48. The highest BCUT2D eigenvalue weighted by Crippen LogP contribution is 2.28. The maximum Gasteiger partial charge on any atom is 0.416 e. The Morgan fingerprint density at radius 3 is 2.29 bits per heavy atom. The molecule has 0 bridgehead atoms. The van der Waals surface area contributed by atoms with Crippen LogP contribution in [0.1, 0.15) is 21.5 Å². The monoisotopic (exact) mass is 526 g/mol. The van der Waals surface area contributed by atoms with Crippen LogP contribution < -0.4 is 10.0 Å². The van der Waals surface area contributed by atoms with Gasteiger partial charge < -0.3 is 10.4 Å². The molecule has 0 radical (unpaired) electrons. The van der Waals surface area contributed by atoms with Gasteiger partial charge in [-0.3, -0.25) is 9.52 Å². The van der Waals surface area contributed by atoms with Crippen LogP contribution in [0, 0.1) is 13.8 Å². The summed E-state index contributed by atoms with van der Waals surface area (Å²) in [5, 5.41) is 11.5. The minimum absolute atomic E-state index is 0.105. The van der Waals surface area contributed by atoms with E-state index < -0.39 is 34.8 Å². The second-order valence-corrected chi connectivity index (χ2v) is 9.96. The van der Waals surface area contributed by atoms with Crippen LogP contribution in [-0.2, 0) is 10.0 Å². The Labute approximate surface area is 205 Å². The van der Waals surface area contributed by atoms with Crippen molar-refractivity contribution >= 4 is 33.2 Å².